The predicted molar refractivity (Wildman–Crippen MR) is 113 cm³/mol. The summed E-state index contributed by atoms with van der Waals surface area (Å²) < 4.78 is 0. The van der Waals surface area contributed by atoms with Crippen LogP contribution in [-0.4, -0.2) is 28.6 Å². The van der Waals surface area contributed by atoms with Crippen molar-refractivity contribution in [3.63, 3.8) is 0 Å². The topological polar surface area (TPSA) is 84.0 Å². The number of benzene rings is 2. The molecule has 3 aromatic rings. The maximum Gasteiger partial charge on any atom is 0.251 e. The fraction of sp³-hybridized carbons (Fsp3) is 0.333. The van der Waals surface area contributed by atoms with Crippen LogP contribution in [0.5, 0.6) is 0 Å². The van der Waals surface area contributed by atoms with E-state index in [1.807, 2.05) is 36.4 Å². The first-order valence-corrected chi connectivity index (χ1v) is 10.4. The van der Waals surface area contributed by atoms with Gasteiger partial charge in [0.15, 0.2) is 0 Å². The lowest BCUT2D eigenvalue weighted by molar-refractivity contribution is -0.116. The Morgan fingerprint density at radius 1 is 1.04 bits per heavy atom. The number of hydrogen-bond donors (Lipinski definition) is 2. The number of nitrogens with one attached hydrogen (secondary N) is 2. The highest BCUT2D eigenvalue weighted by atomic mass is 32.1. The zero-order valence-electron chi connectivity index (χ0n) is 15.9. The summed E-state index contributed by atoms with van der Waals surface area (Å²) in [5, 5.41) is 17.2. The van der Waals surface area contributed by atoms with Crippen molar-refractivity contribution < 1.29 is 9.59 Å². The van der Waals surface area contributed by atoms with Gasteiger partial charge in [0.2, 0.25) is 11.0 Å². The summed E-state index contributed by atoms with van der Waals surface area (Å²) in [6.45, 7) is 2.42. The van der Waals surface area contributed by atoms with Gasteiger partial charge in [0, 0.05) is 24.9 Å². The van der Waals surface area contributed by atoms with E-state index >= 15 is 0 Å². The molecule has 7 heteroatoms. The third-order valence-electron chi connectivity index (χ3n) is 4.36. The first-order valence-electron chi connectivity index (χ1n) is 9.55. The highest BCUT2D eigenvalue weighted by Crippen LogP contribution is 2.18. The molecule has 0 bridgehead atoms. The van der Waals surface area contributed by atoms with Crippen LogP contribution in [0, 0.1) is 0 Å². The Labute approximate surface area is 168 Å². The van der Waals surface area contributed by atoms with Crippen molar-refractivity contribution in [3.8, 4) is 0 Å². The summed E-state index contributed by atoms with van der Waals surface area (Å²) in [6.07, 6.45) is 4.48. The van der Waals surface area contributed by atoms with Gasteiger partial charge < -0.3 is 10.6 Å². The molecule has 0 saturated carbocycles. The Balaban J connectivity index is 1.43. The number of carbonyl (C=O) groups is 2. The molecule has 0 saturated heterocycles. The molecule has 6 nitrogen and oxygen atoms in total. The SMILES string of the molecule is CCCCCc1nnc(NC(=O)CCNC(=O)c2ccc3ccccc3c2)s1. The molecule has 28 heavy (non-hydrogen) atoms. The second-order valence-corrected chi connectivity index (χ2v) is 7.64. The zero-order valence-corrected chi connectivity index (χ0v) is 16.7. The Morgan fingerprint density at radius 3 is 2.68 bits per heavy atom. The highest BCUT2D eigenvalue weighted by molar-refractivity contribution is 7.15. The lowest BCUT2D eigenvalue weighted by Gasteiger charge is -2.06. The molecule has 3 rings (SSSR count). The van der Waals surface area contributed by atoms with Crippen LogP contribution in [-0.2, 0) is 11.2 Å². The lowest BCUT2D eigenvalue weighted by Crippen LogP contribution is -2.27. The molecule has 2 N–H and O–H groups in total. The predicted octanol–water partition coefficient (Wildman–Crippen LogP) is 4.18. The van der Waals surface area contributed by atoms with Gasteiger partial charge in [-0.15, -0.1) is 10.2 Å². The Hall–Kier alpha value is -2.80. The quantitative estimate of drug-likeness (QED) is 0.531. The van der Waals surface area contributed by atoms with Crippen molar-refractivity contribution >= 4 is 39.1 Å². The van der Waals surface area contributed by atoms with E-state index in [1.54, 1.807) is 6.07 Å². The first kappa shape index (κ1) is 19.9. The number of anilines is 1. The molecule has 0 fully saturated rings. The normalized spacial score (nSPS) is 10.8. The number of amides is 2. The van der Waals surface area contributed by atoms with Gasteiger partial charge in [0.1, 0.15) is 5.01 Å². The standard InChI is InChI=1S/C21H24N4O2S/c1-2-3-4-9-19-24-25-21(28-19)23-18(26)12-13-22-20(27)17-11-10-15-7-5-6-8-16(15)14-17/h5-8,10-11,14H,2-4,9,12-13H2,1H3,(H,22,27)(H,23,25,26). The minimum Gasteiger partial charge on any atom is -0.352 e. The van der Waals surface area contributed by atoms with E-state index in [2.05, 4.69) is 27.8 Å². The largest absolute Gasteiger partial charge is 0.352 e. The lowest BCUT2D eigenvalue weighted by atomic mass is 10.1. The van der Waals surface area contributed by atoms with Crippen LogP contribution in [0.4, 0.5) is 5.13 Å². The third kappa shape index (κ3) is 5.60. The van der Waals surface area contributed by atoms with Gasteiger partial charge >= 0.3 is 0 Å². The van der Waals surface area contributed by atoms with Crippen molar-refractivity contribution in [1.29, 1.82) is 0 Å². The minimum atomic E-state index is -0.187. The zero-order chi connectivity index (χ0) is 19.8. The molecule has 2 aromatic carbocycles. The van der Waals surface area contributed by atoms with E-state index in [0.717, 1.165) is 41.5 Å². The van der Waals surface area contributed by atoms with E-state index in [-0.39, 0.29) is 24.8 Å². The molecule has 0 atom stereocenters. The van der Waals surface area contributed by atoms with E-state index in [0.29, 0.717) is 10.7 Å². The summed E-state index contributed by atoms with van der Waals surface area (Å²) in [5.74, 6) is -0.372. The minimum absolute atomic E-state index is 0.185. The molecule has 0 radical (unpaired) electrons. The Bertz CT molecular complexity index is 954. The Morgan fingerprint density at radius 2 is 1.86 bits per heavy atom. The maximum atomic E-state index is 12.3. The van der Waals surface area contributed by atoms with Crippen molar-refractivity contribution in [2.24, 2.45) is 0 Å². The van der Waals surface area contributed by atoms with Crippen LogP contribution < -0.4 is 10.6 Å². The van der Waals surface area contributed by atoms with Gasteiger partial charge in [-0.05, 0) is 29.3 Å². The summed E-state index contributed by atoms with van der Waals surface area (Å²) in [5.41, 5.74) is 0.583. The fourth-order valence-corrected chi connectivity index (χ4v) is 3.63. The number of rotatable bonds is 9. The Kier molecular flexibility index (Phi) is 7.08. The average Bonchev–Trinajstić information content (AvgIpc) is 3.14. The maximum absolute atomic E-state index is 12.3. The number of unbranched alkanes of at least 4 members (excludes halogenated alkanes) is 2. The molecule has 0 aliphatic heterocycles. The molecule has 0 unspecified atom stereocenters. The van der Waals surface area contributed by atoms with Gasteiger partial charge in [0.05, 0.1) is 0 Å². The second-order valence-electron chi connectivity index (χ2n) is 6.57. The van der Waals surface area contributed by atoms with Crippen molar-refractivity contribution in [2.75, 3.05) is 11.9 Å². The van der Waals surface area contributed by atoms with Crippen LogP contribution >= 0.6 is 11.3 Å². The number of fused-ring (bicyclic) bond motifs is 1. The van der Waals surface area contributed by atoms with Gasteiger partial charge in [-0.1, -0.05) is 61.4 Å². The van der Waals surface area contributed by atoms with Gasteiger partial charge in [-0.2, -0.15) is 0 Å². The number of aryl methyl sites for hydroxylation is 1. The number of carbonyl (C=O) groups excluding carboxylic acids is 2. The summed E-state index contributed by atoms with van der Waals surface area (Å²) >= 11 is 1.41. The van der Waals surface area contributed by atoms with Crippen LogP contribution in [0.15, 0.2) is 42.5 Å². The summed E-state index contributed by atoms with van der Waals surface area (Å²) in [6, 6.07) is 13.4. The average molecular weight is 397 g/mol. The number of nitrogens with zero attached hydrogens (tertiary/aromatic N) is 2. The van der Waals surface area contributed by atoms with E-state index in [4.69, 9.17) is 0 Å². The molecule has 1 heterocycles. The summed E-state index contributed by atoms with van der Waals surface area (Å²) in [4.78, 5) is 24.3. The third-order valence-corrected chi connectivity index (χ3v) is 5.26. The van der Waals surface area contributed by atoms with Crippen LogP contribution in [0.25, 0.3) is 10.8 Å². The van der Waals surface area contributed by atoms with Gasteiger partial charge in [-0.3, -0.25) is 9.59 Å². The molecule has 0 aliphatic carbocycles. The second kappa shape index (κ2) is 9.94. The first-order chi connectivity index (χ1) is 13.7. The van der Waals surface area contributed by atoms with Crippen molar-refractivity contribution in [2.45, 2.75) is 39.0 Å². The summed E-state index contributed by atoms with van der Waals surface area (Å²) in [7, 11) is 0. The van der Waals surface area contributed by atoms with Crippen LogP contribution in [0.2, 0.25) is 0 Å². The van der Waals surface area contributed by atoms with Crippen LogP contribution in [0.1, 0.15) is 48.0 Å². The molecule has 1 aromatic heterocycles. The van der Waals surface area contributed by atoms with E-state index < -0.39 is 0 Å². The molecular formula is C21H24N4O2S. The van der Waals surface area contributed by atoms with Gasteiger partial charge in [-0.25, -0.2) is 0 Å². The van der Waals surface area contributed by atoms with E-state index in [1.165, 1.54) is 11.3 Å². The van der Waals surface area contributed by atoms with Crippen molar-refractivity contribution in [3.05, 3.63) is 53.0 Å². The van der Waals surface area contributed by atoms with Gasteiger partial charge in [0.25, 0.3) is 5.91 Å². The smallest absolute Gasteiger partial charge is 0.251 e. The fourth-order valence-electron chi connectivity index (χ4n) is 2.84. The molecule has 146 valence electrons. The number of aromatic nitrogens is 2. The molecular weight excluding hydrogens is 372 g/mol. The van der Waals surface area contributed by atoms with E-state index in [9.17, 15) is 9.59 Å². The highest BCUT2D eigenvalue weighted by Gasteiger charge is 2.10. The molecule has 0 aliphatic rings. The monoisotopic (exact) mass is 396 g/mol. The van der Waals surface area contributed by atoms with Crippen LogP contribution in [0.3, 0.4) is 0 Å². The number of hydrogen-bond acceptors (Lipinski definition) is 5. The van der Waals surface area contributed by atoms with Crippen molar-refractivity contribution in [1.82, 2.24) is 15.5 Å². The molecule has 0 spiro atoms. The molecule has 2 amide bonds.